The molecular formula is C9H10O3S. The van der Waals surface area contributed by atoms with Gasteiger partial charge in [-0.1, -0.05) is 0 Å². The average molecular weight is 198 g/mol. The van der Waals surface area contributed by atoms with Crippen LogP contribution in [0.5, 0.6) is 11.5 Å². The zero-order valence-corrected chi connectivity index (χ0v) is 8.18. The SMILES string of the molecule is CSc1cc(O)c(C(C)=O)c(O)c1. The van der Waals surface area contributed by atoms with Gasteiger partial charge in [0.2, 0.25) is 0 Å². The second kappa shape index (κ2) is 3.70. The number of rotatable bonds is 2. The maximum Gasteiger partial charge on any atom is 0.167 e. The second-order valence-corrected chi connectivity index (χ2v) is 3.48. The lowest BCUT2D eigenvalue weighted by atomic mass is 10.1. The minimum atomic E-state index is -0.345. The number of phenolic OH excluding ortho intramolecular Hbond substituents is 2. The number of hydrogen-bond donors (Lipinski definition) is 2. The highest BCUT2D eigenvalue weighted by Crippen LogP contribution is 2.32. The zero-order valence-electron chi connectivity index (χ0n) is 7.37. The van der Waals surface area contributed by atoms with E-state index in [-0.39, 0.29) is 22.8 Å². The number of Topliss-reactive ketones (excluding diaryl/α,β-unsaturated/α-hetero) is 1. The summed E-state index contributed by atoms with van der Waals surface area (Å²) < 4.78 is 0. The molecule has 1 aromatic rings. The summed E-state index contributed by atoms with van der Waals surface area (Å²) in [4.78, 5) is 11.7. The molecule has 0 aliphatic carbocycles. The van der Waals surface area contributed by atoms with Gasteiger partial charge in [-0.05, 0) is 25.3 Å². The van der Waals surface area contributed by atoms with Crippen molar-refractivity contribution in [3.8, 4) is 11.5 Å². The molecule has 2 N–H and O–H groups in total. The number of carbonyl (C=O) groups excluding carboxylic acids is 1. The number of phenols is 2. The standard InChI is InChI=1S/C9H10O3S/c1-5(10)9-7(11)3-6(13-2)4-8(9)12/h3-4,11-12H,1-2H3. The lowest BCUT2D eigenvalue weighted by molar-refractivity contribution is 0.101. The Kier molecular flexibility index (Phi) is 2.83. The van der Waals surface area contributed by atoms with Crippen molar-refractivity contribution in [2.24, 2.45) is 0 Å². The van der Waals surface area contributed by atoms with Crippen LogP contribution in [0.25, 0.3) is 0 Å². The number of hydrogen-bond acceptors (Lipinski definition) is 4. The molecule has 0 fully saturated rings. The number of carbonyl (C=O) groups is 1. The van der Waals surface area contributed by atoms with E-state index in [1.54, 1.807) is 0 Å². The predicted molar refractivity (Wildman–Crippen MR) is 51.6 cm³/mol. The van der Waals surface area contributed by atoms with Crippen LogP contribution in [-0.4, -0.2) is 22.3 Å². The summed E-state index contributed by atoms with van der Waals surface area (Å²) in [6.45, 7) is 1.30. The van der Waals surface area contributed by atoms with Crippen LogP contribution < -0.4 is 0 Å². The number of ketones is 1. The van der Waals surface area contributed by atoms with Gasteiger partial charge in [0.15, 0.2) is 5.78 Å². The van der Waals surface area contributed by atoms with Gasteiger partial charge < -0.3 is 10.2 Å². The van der Waals surface area contributed by atoms with Crippen molar-refractivity contribution in [3.05, 3.63) is 17.7 Å². The molecule has 0 heterocycles. The Morgan fingerprint density at radius 2 is 1.77 bits per heavy atom. The fraction of sp³-hybridized carbons (Fsp3) is 0.222. The van der Waals surface area contributed by atoms with Crippen LogP contribution in [-0.2, 0) is 0 Å². The molecule has 0 unspecified atom stereocenters. The third kappa shape index (κ3) is 1.95. The van der Waals surface area contributed by atoms with Gasteiger partial charge in [0.05, 0.1) is 0 Å². The number of benzene rings is 1. The first kappa shape index (κ1) is 9.92. The molecule has 0 saturated heterocycles. The first-order valence-electron chi connectivity index (χ1n) is 3.67. The maximum atomic E-state index is 11.0. The molecule has 1 aromatic carbocycles. The Hall–Kier alpha value is -1.16. The molecule has 3 nitrogen and oxygen atoms in total. The number of thioether (sulfide) groups is 1. The Bertz CT molecular complexity index is 324. The van der Waals surface area contributed by atoms with Gasteiger partial charge in [-0.15, -0.1) is 11.8 Å². The van der Waals surface area contributed by atoms with Crippen molar-refractivity contribution in [1.29, 1.82) is 0 Å². The first-order chi connectivity index (χ1) is 6.06. The molecule has 0 spiro atoms. The van der Waals surface area contributed by atoms with Gasteiger partial charge in [0.25, 0.3) is 0 Å². The van der Waals surface area contributed by atoms with Gasteiger partial charge in [-0.3, -0.25) is 4.79 Å². The molecule has 0 aliphatic rings. The molecule has 0 saturated carbocycles. The van der Waals surface area contributed by atoms with Crippen molar-refractivity contribution < 1.29 is 15.0 Å². The van der Waals surface area contributed by atoms with Crippen molar-refractivity contribution >= 4 is 17.5 Å². The van der Waals surface area contributed by atoms with Crippen molar-refractivity contribution in [2.45, 2.75) is 11.8 Å². The van der Waals surface area contributed by atoms with Gasteiger partial charge in [-0.25, -0.2) is 0 Å². The highest BCUT2D eigenvalue weighted by molar-refractivity contribution is 7.98. The normalized spacial score (nSPS) is 10.0. The fourth-order valence-corrected chi connectivity index (χ4v) is 1.52. The molecular weight excluding hydrogens is 188 g/mol. The van der Waals surface area contributed by atoms with E-state index >= 15 is 0 Å². The molecule has 1 rings (SSSR count). The Labute approximate surface area is 80.4 Å². The first-order valence-corrected chi connectivity index (χ1v) is 4.89. The Morgan fingerprint density at radius 3 is 2.08 bits per heavy atom. The lowest BCUT2D eigenvalue weighted by Gasteiger charge is -2.05. The summed E-state index contributed by atoms with van der Waals surface area (Å²) in [6.07, 6.45) is 1.82. The molecule has 70 valence electrons. The van der Waals surface area contributed by atoms with Crippen LogP contribution in [0.4, 0.5) is 0 Å². The highest BCUT2D eigenvalue weighted by Gasteiger charge is 2.13. The lowest BCUT2D eigenvalue weighted by Crippen LogP contribution is -1.93. The van der Waals surface area contributed by atoms with Gasteiger partial charge in [-0.2, -0.15) is 0 Å². The number of aromatic hydroxyl groups is 2. The third-order valence-corrected chi connectivity index (χ3v) is 2.37. The highest BCUT2D eigenvalue weighted by atomic mass is 32.2. The second-order valence-electron chi connectivity index (χ2n) is 2.60. The minimum absolute atomic E-state index is 0.0159. The monoisotopic (exact) mass is 198 g/mol. The van der Waals surface area contributed by atoms with E-state index in [0.29, 0.717) is 0 Å². The van der Waals surface area contributed by atoms with E-state index < -0.39 is 0 Å². The average Bonchev–Trinajstić information content (AvgIpc) is 2.02. The molecule has 0 bridgehead atoms. The smallest absolute Gasteiger partial charge is 0.167 e. The predicted octanol–water partition coefficient (Wildman–Crippen LogP) is 2.02. The largest absolute Gasteiger partial charge is 0.507 e. The molecule has 0 amide bonds. The van der Waals surface area contributed by atoms with E-state index in [1.807, 2.05) is 6.26 Å². The van der Waals surface area contributed by atoms with Gasteiger partial charge in [0, 0.05) is 4.90 Å². The van der Waals surface area contributed by atoms with Crippen LogP contribution in [0.1, 0.15) is 17.3 Å². The summed E-state index contributed by atoms with van der Waals surface area (Å²) in [5.41, 5.74) is -0.0159. The van der Waals surface area contributed by atoms with Gasteiger partial charge >= 0.3 is 0 Å². The van der Waals surface area contributed by atoms with Crippen LogP contribution in [0.15, 0.2) is 17.0 Å². The van der Waals surface area contributed by atoms with Crippen molar-refractivity contribution in [1.82, 2.24) is 0 Å². The fourth-order valence-electron chi connectivity index (χ4n) is 1.07. The quantitative estimate of drug-likeness (QED) is 0.564. The molecule has 4 heteroatoms. The van der Waals surface area contributed by atoms with E-state index in [9.17, 15) is 15.0 Å². The van der Waals surface area contributed by atoms with Crippen LogP contribution in [0.2, 0.25) is 0 Å². The van der Waals surface area contributed by atoms with Gasteiger partial charge in [0.1, 0.15) is 17.1 Å². The van der Waals surface area contributed by atoms with Crippen LogP contribution in [0, 0.1) is 0 Å². The zero-order chi connectivity index (χ0) is 10.0. The summed E-state index contributed by atoms with van der Waals surface area (Å²) in [7, 11) is 0. The minimum Gasteiger partial charge on any atom is -0.507 e. The molecule has 0 aromatic heterocycles. The topological polar surface area (TPSA) is 57.5 Å². The molecule has 0 radical (unpaired) electrons. The Balaban J connectivity index is 3.31. The maximum absolute atomic E-state index is 11.0. The van der Waals surface area contributed by atoms with Crippen molar-refractivity contribution in [3.63, 3.8) is 0 Å². The Morgan fingerprint density at radius 1 is 1.31 bits per heavy atom. The molecule has 0 atom stereocenters. The van der Waals surface area contributed by atoms with Crippen LogP contribution in [0.3, 0.4) is 0 Å². The van der Waals surface area contributed by atoms with E-state index in [0.717, 1.165) is 4.90 Å². The summed E-state index contributed by atoms with van der Waals surface area (Å²) >= 11 is 1.39. The van der Waals surface area contributed by atoms with E-state index in [1.165, 1.54) is 30.8 Å². The summed E-state index contributed by atoms with van der Waals surface area (Å²) in [6, 6.07) is 2.92. The van der Waals surface area contributed by atoms with Crippen LogP contribution >= 0.6 is 11.8 Å². The summed E-state index contributed by atoms with van der Waals surface area (Å²) in [5.74, 6) is -0.684. The third-order valence-electron chi connectivity index (χ3n) is 1.66. The molecule has 0 aliphatic heterocycles. The van der Waals surface area contributed by atoms with E-state index in [4.69, 9.17) is 0 Å². The molecule has 13 heavy (non-hydrogen) atoms. The van der Waals surface area contributed by atoms with E-state index in [2.05, 4.69) is 0 Å². The van der Waals surface area contributed by atoms with Crippen molar-refractivity contribution in [2.75, 3.05) is 6.26 Å². The summed E-state index contributed by atoms with van der Waals surface area (Å²) in [5, 5.41) is 18.8.